The fourth-order valence-corrected chi connectivity index (χ4v) is 1.54. The Morgan fingerprint density at radius 2 is 1.67 bits per heavy atom. The fourth-order valence-electron chi connectivity index (χ4n) is 1.54. The van der Waals surface area contributed by atoms with E-state index in [0.29, 0.717) is 0 Å². The first kappa shape index (κ1) is 19.5. The average molecular weight is 353 g/mol. The van der Waals surface area contributed by atoms with Crippen molar-refractivity contribution in [3.8, 4) is 0 Å². The predicted molar refractivity (Wildman–Crippen MR) is 70.3 cm³/mol. The summed E-state index contributed by atoms with van der Waals surface area (Å²) in [7, 11) is 0. The summed E-state index contributed by atoms with van der Waals surface area (Å²) in [6.45, 7) is 0.217. The lowest BCUT2D eigenvalue weighted by Gasteiger charge is -2.09. The van der Waals surface area contributed by atoms with Crippen LogP contribution in [0.1, 0.15) is 29.7 Å². The van der Waals surface area contributed by atoms with Gasteiger partial charge in [0.1, 0.15) is 0 Å². The fraction of sp³-hybridized carbons (Fsp3) is 0.308. The molecule has 0 radical (unpaired) electrons. The summed E-state index contributed by atoms with van der Waals surface area (Å²) in [6, 6.07) is 9.20. The Hall–Kier alpha value is -2.56. The van der Waals surface area contributed by atoms with E-state index in [1.807, 2.05) is 30.3 Å². The van der Waals surface area contributed by atoms with Gasteiger partial charge in [-0.15, -0.1) is 10.2 Å². The summed E-state index contributed by atoms with van der Waals surface area (Å²) in [4.78, 5) is 8.90. The summed E-state index contributed by atoms with van der Waals surface area (Å²) < 4.78 is 61.3. The van der Waals surface area contributed by atoms with Crippen molar-refractivity contribution in [3.05, 3.63) is 47.7 Å². The van der Waals surface area contributed by atoms with E-state index in [9.17, 15) is 22.0 Å². The van der Waals surface area contributed by atoms with Crippen LogP contribution in [-0.2, 0) is 4.79 Å². The van der Waals surface area contributed by atoms with Crippen molar-refractivity contribution in [2.24, 2.45) is 5.73 Å². The molecule has 1 aromatic heterocycles. The molecule has 1 heterocycles. The van der Waals surface area contributed by atoms with Crippen LogP contribution < -0.4 is 5.73 Å². The van der Waals surface area contributed by atoms with E-state index >= 15 is 0 Å². The minimum absolute atomic E-state index is 0.119. The Labute approximate surface area is 132 Å². The minimum Gasteiger partial charge on any atom is -0.475 e. The van der Waals surface area contributed by atoms with Gasteiger partial charge in [0.05, 0.1) is 5.92 Å². The molecule has 11 heteroatoms. The zero-order valence-corrected chi connectivity index (χ0v) is 11.9. The number of nitrogens with two attached hydrogens (primary N) is 1. The maximum absolute atomic E-state index is 12.3. The standard InChI is InChI=1S/C11H11F2N3O.C2HF3O2/c12-9(13)11-16-15-10(17-11)8(6-14)7-4-2-1-3-5-7;3-2(4,5)1(6)7/h1-5,8-9H,6,14H2;(H,6,7). The highest BCUT2D eigenvalue weighted by atomic mass is 19.4. The number of carbonyl (C=O) groups is 1. The van der Waals surface area contributed by atoms with Gasteiger partial charge in [0, 0.05) is 6.54 Å². The van der Waals surface area contributed by atoms with Crippen LogP contribution in [0.25, 0.3) is 0 Å². The second-order valence-corrected chi connectivity index (χ2v) is 4.28. The molecule has 2 rings (SSSR count). The highest BCUT2D eigenvalue weighted by Gasteiger charge is 2.38. The Kier molecular flexibility index (Phi) is 6.77. The van der Waals surface area contributed by atoms with Crippen molar-refractivity contribution in [2.75, 3.05) is 6.54 Å². The number of halogens is 5. The molecule has 0 aliphatic heterocycles. The molecule has 0 spiro atoms. The van der Waals surface area contributed by atoms with Crippen LogP contribution in [0.5, 0.6) is 0 Å². The Balaban J connectivity index is 0.000000351. The molecule has 1 atom stereocenters. The van der Waals surface area contributed by atoms with E-state index in [-0.39, 0.29) is 18.4 Å². The van der Waals surface area contributed by atoms with Gasteiger partial charge in [0.25, 0.3) is 5.89 Å². The molecule has 2 aromatic rings. The number of aromatic nitrogens is 2. The number of alkyl halides is 5. The van der Waals surface area contributed by atoms with Crippen LogP contribution in [0, 0.1) is 0 Å². The van der Waals surface area contributed by atoms with E-state index in [1.165, 1.54) is 0 Å². The van der Waals surface area contributed by atoms with Crippen LogP contribution in [0.4, 0.5) is 22.0 Å². The van der Waals surface area contributed by atoms with Gasteiger partial charge in [0.15, 0.2) is 0 Å². The second-order valence-electron chi connectivity index (χ2n) is 4.28. The van der Waals surface area contributed by atoms with Crippen molar-refractivity contribution in [3.63, 3.8) is 0 Å². The number of carboxylic acid groups (broad SMARTS) is 1. The SMILES string of the molecule is NCC(c1ccccc1)c1nnc(C(F)F)o1.O=C(O)C(F)(F)F. The topological polar surface area (TPSA) is 102 Å². The zero-order valence-electron chi connectivity index (χ0n) is 11.9. The van der Waals surface area contributed by atoms with Crippen LogP contribution in [0.15, 0.2) is 34.7 Å². The van der Waals surface area contributed by atoms with Gasteiger partial charge in [-0.1, -0.05) is 30.3 Å². The monoisotopic (exact) mass is 353 g/mol. The zero-order chi connectivity index (χ0) is 18.3. The highest BCUT2D eigenvalue weighted by molar-refractivity contribution is 5.73. The third-order valence-corrected chi connectivity index (χ3v) is 2.62. The smallest absolute Gasteiger partial charge is 0.475 e. The lowest BCUT2D eigenvalue weighted by molar-refractivity contribution is -0.192. The molecule has 0 fully saturated rings. The van der Waals surface area contributed by atoms with Crippen LogP contribution in [0.3, 0.4) is 0 Å². The number of aliphatic carboxylic acids is 1. The van der Waals surface area contributed by atoms with Gasteiger partial charge in [-0.2, -0.15) is 22.0 Å². The lowest BCUT2D eigenvalue weighted by atomic mass is 9.99. The summed E-state index contributed by atoms with van der Waals surface area (Å²) in [5.41, 5.74) is 6.47. The molecule has 1 aromatic carbocycles. The molecule has 6 nitrogen and oxygen atoms in total. The van der Waals surface area contributed by atoms with Gasteiger partial charge >= 0.3 is 18.6 Å². The van der Waals surface area contributed by atoms with Gasteiger partial charge < -0.3 is 15.3 Å². The third kappa shape index (κ3) is 5.57. The molecule has 0 aliphatic carbocycles. The van der Waals surface area contributed by atoms with E-state index in [1.54, 1.807) is 0 Å². The Morgan fingerprint density at radius 1 is 1.17 bits per heavy atom. The van der Waals surface area contributed by atoms with E-state index in [0.717, 1.165) is 5.56 Å². The molecule has 3 N–H and O–H groups in total. The molecule has 24 heavy (non-hydrogen) atoms. The highest BCUT2D eigenvalue weighted by Crippen LogP contribution is 2.25. The van der Waals surface area contributed by atoms with Gasteiger partial charge in [0.2, 0.25) is 5.89 Å². The van der Waals surface area contributed by atoms with Crippen molar-refractivity contribution >= 4 is 5.97 Å². The maximum Gasteiger partial charge on any atom is 0.490 e. The summed E-state index contributed by atoms with van der Waals surface area (Å²) in [6.07, 6.45) is -7.84. The summed E-state index contributed by atoms with van der Waals surface area (Å²) in [5, 5.41) is 14.0. The van der Waals surface area contributed by atoms with Crippen molar-refractivity contribution in [2.45, 2.75) is 18.5 Å². The number of benzene rings is 1. The molecule has 132 valence electrons. The van der Waals surface area contributed by atoms with E-state index in [2.05, 4.69) is 10.2 Å². The van der Waals surface area contributed by atoms with Gasteiger partial charge in [-0.3, -0.25) is 0 Å². The first-order valence-electron chi connectivity index (χ1n) is 6.33. The Morgan fingerprint density at radius 3 is 2.04 bits per heavy atom. The average Bonchev–Trinajstić information content (AvgIpc) is 2.99. The largest absolute Gasteiger partial charge is 0.490 e. The summed E-state index contributed by atoms with van der Waals surface area (Å²) >= 11 is 0. The van der Waals surface area contributed by atoms with Crippen molar-refractivity contribution < 1.29 is 36.3 Å². The van der Waals surface area contributed by atoms with Crippen molar-refractivity contribution in [1.29, 1.82) is 0 Å². The quantitative estimate of drug-likeness (QED) is 0.820. The third-order valence-electron chi connectivity index (χ3n) is 2.62. The number of rotatable bonds is 4. The van der Waals surface area contributed by atoms with Crippen LogP contribution in [-0.4, -0.2) is 34.0 Å². The number of nitrogens with zero attached hydrogens (tertiary/aromatic N) is 2. The molecule has 0 saturated carbocycles. The molecular weight excluding hydrogens is 341 g/mol. The normalized spacial score (nSPS) is 12.5. The first-order valence-corrected chi connectivity index (χ1v) is 6.33. The van der Waals surface area contributed by atoms with Gasteiger partial charge in [-0.05, 0) is 5.56 Å². The van der Waals surface area contributed by atoms with E-state index < -0.39 is 24.5 Å². The van der Waals surface area contributed by atoms with Gasteiger partial charge in [-0.25, -0.2) is 4.79 Å². The lowest BCUT2D eigenvalue weighted by Crippen LogP contribution is -2.21. The summed E-state index contributed by atoms with van der Waals surface area (Å²) in [5.74, 6) is -3.66. The minimum atomic E-state index is -5.08. The molecule has 0 bridgehead atoms. The number of carboxylic acids is 1. The van der Waals surface area contributed by atoms with Crippen molar-refractivity contribution in [1.82, 2.24) is 10.2 Å². The first-order chi connectivity index (χ1) is 11.2. The van der Waals surface area contributed by atoms with E-state index in [4.69, 9.17) is 20.1 Å². The molecule has 0 aliphatic rings. The number of hydrogen-bond donors (Lipinski definition) is 2. The molecule has 0 saturated heterocycles. The van der Waals surface area contributed by atoms with Crippen LogP contribution >= 0.6 is 0 Å². The number of hydrogen-bond acceptors (Lipinski definition) is 5. The maximum atomic E-state index is 12.3. The van der Waals surface area contributed by atoms with Crippen LogP contribution in [0.2, 0.25) is 0 Å². The molecule has 1 unspecified atom stereocenters. The predicted octanol–water partition coefficient (Wildman–Crippen LogP) is 2.73. The molecule has 0 amide bonds. The second kappa shape index (κ2) is 8.34. The molecular formula is C13H12F5N3O3. The Bertz CT molecular complexity index is 646.